The van der Waals surface area contributed by atoms with Crippen molar-refractivity contribution in [2.75, 3.05) is 0 Å². The monoisotopic (exact) mass is 191 g/mol. The molecule has 0 aliphatic carbocycles. The molecule has 3 nitrogen and oxygen atoms in total. The van der Waals surface area contributed by atoms with Crippen LogP contribution in [0.5, 0.6) is 5.88 Å². The van der Waals surface area contributed by atoms with Crippen molar-refractivity contribution in [1.82, 2.24) is 4.98 Å². The Labute approximate surface area is 83.4 Å². The summed E-state index contributed by atoms with van der Waals surface area (Å²) in [4.78, 5) is 15.3. The molecule has 0 fully saturated rings. The van der Waals surface area contributed by atoms with Gasteiger partial charge in [0, 0.05) is 6.07 Å². The zero-order valence-electron chi connectivity index (χ0n) is 8.36. The van der Waals surface area contributed by atoms with Crippen molar-refractivity contribution in [2.45, 2.75) is 20.0 Å². The quantitative estimate of drug-likeness (QED) is 0.541. The summed E-state index contributed by atoms with van der Waals surface area (Å²) < 4.78 is 5.35. The van der Waals surface area contributed by atoms with Gasteiger partial charge in [0.2, 0.25) is 11.7 Å². The maximum absolute atomic E-state index is 11.2. The molecular weight excluding hydrogens is 178 g/mol. The lowest BCUT2D eigenvalue weighted by Gasteiger charge is -2.08. The standard InChI is InChI=1S/C11H13NO2/c1-4-10(13)9-6-5-7-11(12-9)14-8(2)3/h4-8H,1H2,2-3H3. The van der Waals surface area contributed by atoms with Gasteiger partial charge >= 0.3 is 0 Å². The van der Waals surface area contributed by atoms with Crippen LogP contribution in [0.25, 0.3) is 0 Å². The predicted octanol–water partition coefficient (Wildman–Crippen LogP) is 2.24. The number of aromatic nitrogens is 1. The van der Waals surface area contributed by atoms with E-state index in [0.29, 0.717) is 11.6 Å². The summed E-state index contributed by atoms with van der Waals surface area (Å²) in [5.41, 5.74) is 0.359. The van der Waals surface area contributed by atoms with E-state index in [1.165, 1.54) is 6.08 Å². The number of carbonyl (C=O) groups is 1. The Morgan fingerprint density at radius 1 is 1.57 bits per heavy atom. The molecule has 1 aromatic heterocycles. The van der Waals surface area contributed by atoms with Crippen molar-refractivity contribution in [3.63, 3.8) is 0 Å². The highest BCUT2D eigenvalue weighted by molar-refractivity contribution is 6.02. The van der Waals surface area contributed by atoms with Gasteiger partial charge in [0.1, 0.15) is 5.69 Å². The Morgan fingerprint density at radius 2 is 2.29 bits per heavy atom. The van der Waals surface area contributed by atoms with Crippen molar-refractivity contribution in [1.29, 1.82) is 0 Å². The third kappa shape index (κ3) is 2.69. The van der Waals surface area contributed by atoms with Gasteiger partial charge in [0.05, 0.1) is 6.10 Å². The van der Waals surface area contributed by atoms with Crippen molar-refractivity contribution in [3.8, 4) is 5.88 Å². The van der Waals surface area contributed by atoms with Crippen LogP contribution >= 0.6 is 0 Å². The van der Waals surface area contributed by atoms with Crippen LogP contribution in [0, 0.1) is 0 Å². The van der Waals surface area contributed by atoms with Crippen LogP contribution in [0.3, 0.4) is 0 Å². The van der Waals surface area contributed by atoms with E-state index in [9.17, 15) is 4.79 Å². The summed E-state index contributed by atoms with van der Waals surface area (Å²) in [5.74, 6) is 0.270. The van der Waals surface area contributed by atoms with E-state index in [-0.39, 0.29) is 11.9 Å². The zero-order valence-corrected chi connectivity index (χ0v) is 8.36. The van der Waals surface area contributed by atoms with Crippen LogP contribution in [-0.4, -0.2) is 16.9 Å². The highest BCUT2D eigenvalue weighted by Crippen LogP contribution is 2.10. The molecule has 0 spiro atoms. The number of nitrogens with zero attached hydrogens (tertiary/aromatic N) is 1. The Kier molecular flexibility index (Phi) is 3.40. The minimum absolute atomic E-state index is 0.0524. The Hall–Kier alpha value is -1.64. The molecule has 0 unspecified atom stereocenters. The number of rotatable bonds is 4. The molecule has 0 aliphatic heterocycles. The van der Waals surface area contributed by atoms with Crippen LogP contribution < -0.4 is 4.74 Å². The summed E-state index contributed by atoms with van der Waals surface area (Å²) in [6.45, 7) is 7.21. The van der Waals surface area contributed by atoms with Crippen LogP contribution in [0.4, 0.5) is 0 Å². The van der Waals surface area contributed by atoms with Gasteiger partial charge in [-0.2, -0.15) is 0 Å². The molecular formula is C11H13NO2. The predicted molar refractivity (Wildman–Crippen MR) is 54.5 cm³/mol. The number of hydrogen-bond acceptors (Lipinski definition) is 3. The molecule has 0 aromatic carbocycles. The van der Waals surface area contributed by atoms with E-state index in [4.69, 9.17) is 4.74 Å². The van der Waals surface area contributed by atoms with Gasteiger partial charge in [0.15, 0.2) is 0 Å². The average molecular weight is 191 g/mol. The van der Waals surface area contributed by atoms with E-state index < -0.39 is 0 Å². The number of ether oxygens (including phenoxy) is 1. The largest absolute Gasteiger partial charge is 0.475 e. The third-order valence-electron chi connectivity index (χ3n) is 1.52. The molecule has 14 heavy (non-hydrogen) atoms. The minimum Gasteiger partial charge on any atom is -0.475 e. The molecule has 0 saturated heterocycles. The Balaban J connectivity index is 2.89. The maximum atomic E-state index is 11.2. The molecule has 1 heterocycles. The number of allylic oxidation sites excluding steroid dienone is 1. The average Bonchev–Trinajstić information content (AvgIpc) is 2.16. The number of ketones is 1. The van der Waals surface area contributed by atoms with E-state index in [1.54, 1.807) is 18.2 Å². The molecule has 0 N–H and O–H groups in total. The van der Waals surface area contributed by atoms with E-state index in [0.717, 1.165) is 0 Å². The summed E-state index contributed by atoms with van der Waals surface area (Å²) in [5, 5.41) is 0. The summed E-state index contributed by atoms with van der Waals surface area (Å²) in [6, 6.07) is 5.10. The fourth-order valence-electron chi connectivity index (χ4n) is 0.964. The summed E-state index contributed by atoms with van der Waals surface area (Å²) in [7, 11) is 0. The van der Waals surface area contributed by atoms with Gasteiger partial charge in [-0.05, 0) is 26.0 Å². The molecule has 0 bridgehead atoms. The van der Waals surface area contributed by atoms with Gasteiger partial charge in [0.25, 0.3) is 0 Å². The molecule has 3 heteroatoms. The van der Waals surface area contributed by atoms with Gasteiger partial charge in [-0.1, -0.05) is 12.6 Å². The lowest BCUT2D eigenvalue weighted by atomic mass is 10.2. The molecule has 0 aliphatic rings. The summed E-state index contributed by atoms with van der Waals surface area (Å²) in [6.07, 6.45) is 1.29. The summed E-state index contributed by atoms with van der Waals surface area (Å²) >= 11 is 0. The minimum atomic E-state index is -0.195. The van der Waals surface area contributed by atoms with Crippen molar-refractivity contribution >= 4 is 5.78 Å². The Morgan fingerprint density at radius 3 is 2.86 bits per heavy atom. The fraction of sp³-hybridized carbons (Fsp3) is 0.273. The highest BCUT2D eigenvalue weighted by atomic mass is 16.5. The fourth-order valence-corrected chi connectivity index (χ4v) is 0.964. The first-order valence-corrected chi connectivity index (χ1v) is 4.44. The first-order valence-electron chi connectivity index (χ1n) is 4.44. The van der Waals surface area contributed by atoms with Gasteiger partial charge in [-0.25, -0.2) is 4.98 Å². The lowest BCUT2D eigenvalue weighted by molar-refractivity contribution is 0.104. The second kappa shape index (κ2) is 4.56. The third-order valence-corrected chi connectivity index (χ3v) is 1.52. The molecule has 74 valence electrons. The first-order chi connectivity index (χ1) is 6.63. The molecule has 1 aromatic rings. The van der Waals surface area contributed by atoms with Crippen molar-refractivity contribution in [2.24, 2.45) is 0 Å². The van der Waals surface area contributed by atoms with Crippen molar-refractivity contribution < 1.29 is 9.53 Å². The van der Waals surface area contributed by atoms with Gasteiger partial charge in [-0.3, -0.25) is 4.79 Å². The second-order valence-corrected chi connectivity index (χ2v) is 3.10. The zero-order chi connectivity index (χ0) is 10.6. The smallest absolute Gasteiger partial charge is 0.214 e. The number of pyridine rings is 1. The van der Waals surface area contributed by atoms with Crippen LogP contribution in [-0.2, 0) is 0 Å². The van der Waals surface area contributed by atoms with Crippen LogP contribution in [0.15, 0.2) is 30.9 Å². The molecule has 0 radical (unpaired) electrons. The number of carbonyl (C=O) groups excluding carboxylic acids is 1. The van der Waals surface area contributed by atoms with E-state index in [2.05, 4.69) is 11.6 Å². The van der Waals surface area contributed by atoms with E-state index in [1.807, 2.05) is 13.8 Å². The van der Waals surface area contributed by atoms with E-state index >= 15 is 0 Å². The molecule has 0 saturated carbocycles. The molecule has 0 atom stereocenters. The van der Waals surface area contributed by atoms with Gasteiger partial charge in [-0.15, -0.1) is 0 Å². The number of hydrogen-bond donors (Lipinski definition) is 0. The lowest BCUT2D eigenvalue weighted by Crippen LogP contribution is -2.08. The van der Waals surface area contributed by atoms with Crippen LogP contribution in [0.1, 0.15) is 24.3 Å². The topological polar surface area (TPSA) is 39.2 Å². The first kappa shape index (κ1) is 10.4. The molecule has 1 rings (SSSR count). The SMILES string of the molecule is C=CC(=O)c1cccc(OC(C)C)n1. The van der Waals surface area contributed by atoms with Gasteiger partial charge < -0.3 is 4.74 Å². The second-order valence-electron chi connectivity index (χ2n) is 3.10. The Bertz CT molecular complexity index is 345. The van der Waals surface area contributed by atoms with Crippen molar-refractivity contribution in [3.05, 3.63) is 36.5 Å². The molecule has 0 amide bonds. The maximum Gasteiger partial charge on any atom is 0.214 e. The highest BCUT2D eigenvalue weighted by Gasteiger charge is 2.05. The normalized spacial score (nSPS) is 9.93. The van der Waals surface area contributed by atoms with Crippen LogP contribution in [0.2, 0.25) is 0 Å².